The molecule has 0 aliphatic carbocycles. The Morgan fingerprint density at radius 2 is 0.568 bits per heavy atom. The second-order valence-corrected chi connectivity index (χ2v) is 12.6. The fourth-order valence-electron chi connectivity index (χ4n) is 5.36. The topological polar surface area (TPSA) is 0 Å². The monoisotopic (exact) mass is 612 g/mol. The molecule has 0 spiro atoms. The molecule has 0 aliphatic heterocycles. The maximum absolute atomic E-state index is 14.0. The van der Waals surface area contributed by atoms with E-state index in [1.54, 1.807) is 13.8 Å². The first kappa shape index (κ1) is 34.9. The Morgan fingerprint density at radius 1 is 0.341 bits per heavy atom. The highest BCUT2D eigenvalue weighted by atomic mass is 19.4. The van der Waals surface area contributed by atoms with Crippen LogP contribution in [0.3, 0.4) is 0 Å². The molecule has 0 fully saturated rings. The van der Waals surface area contributed by atoms with E-state index in [2.05, 4.69) is 77.9 Å². The summed E-state index contributed by atoms with van der Waals surface area (Å²) in [6.07, 6.45) is -11.1. The molecule has 0 radical (unpaired) electrons. The van der Waals surface area contributed by atoms with E-state index in [9.17, 15) is 26.3 Å². The smallest absolute Gasteiger partial charge is 0.169 e. The molecule has 0 heterocycles. The number of alkyl halides is 6. The summed E-state index contributed by atoms with van der Waals surface area (Å²) >= 11 is 0. The standard InChI is InChI=1S/C19H18F6.C19H24/c1-11-5-7-15(9-13(11)3)17(18(20,21)22,19(23,24)25)16-8-6-12(2)14(4)10-16;1-13-7-9-17(11-15(13)3)19(5,6)18-10-8-14(2)16(4)12-18/h5-10H,1-4H3;7-12H,1-6H3. The van der Waals surface area contributed by atoms with Crippen molar-refractivity contribution in [3.05, 3.63) is 140 Å². The summed E-state index contributed by atoms with van der Waals surface area (Å²) in [5, 5.41) is 0. The highest BCUT2D eigenvalue weighted by Crippen LogP contribution is 2.56. The molecule has 0 unspecified atom stereocenters. The van der Waals surface area contributed by atoms with E-state index in [-0.39, 0.29) is 5.41 Å². The van der Waals surface area contributed by atoms with Gasteiger partial charge in [-0.1, -0.05) is 86.6 Å². The lowest BCUT2D eigenvalue weighted by molar-refractivity contribution is -0.288. The molecular formula is C38H42F6. The summed E-state index contributed by atoms with van der Waals surface area (Å²) in [6, 6.07) is 20.0. The minimum atomic E-state index is -5.55. The van der Waals surface area contributed by atoms with Crippen LogP contribution in [0.2, 0.25) is 0 Å². The van der Waals surface area contributed by atoms with E-state index in [0.717, 1.165) is 24.3 Å². The molecule has 6 heteroatoms. The third-order valence-corrected chi connectivity index (χ3v) is 9.19. The van der Waals surface area contributed by atoms with Gasteiger partial charge < -0.3 is 0 Å². The van der Waals surface area contributed by atoms with E-state index in [1.165, 1.54) is 59.4 Å². The van der Waals surface area contributed by atoms with Crippen LogP contribution in [-0.2, 0) is 10.8 Å². The Bertz CT molecular complexity index is 1520. The van der Waals surface area contributed by atoms with Crippen molar-refractivity contribution in [3.63, 3.8) is 0 Å². The van der Waals surface area contributed by atoms with Crippen molar-refractivity contribution in [2.75, 3.05) is 0 Å². The van der Waals surface area contributed by atoms with Gasteiger partial charge in [-0.3, -0.25) is 0 Å². The van der Waals surface area contributed by atoms with E-state index in [1.807, 2.05) is 0 Å². The first-order valence-electron chi connectivity index (χ1n) is 14.6. The second kappa shape index (κ2) is 12.5. The molecule has 0 saturated heterocycles. The van der Waals surface area contributed by atoms with Crippen LogP contribution in [0.1, 0.15) is 80.6 Å². The van der Waals surface area contributed by atoms with E-state index in [4.69, 9.17) is 0 Å². The van der Waals surface area contributed by atoms with Crippen LogP contribution >= 0.6 is 0 Å². The zero-order valence-corrected chi connectivity index (χ0v) is 27.2. The molecule has 236 valence electrons. The number of halogens is 6. The van der Waals surface area contributed by atoms with Crippen LogP contribution < -0.4 is 0 Å². The van der Waals surface area contributed by atoms with Crippen LogP contribution in [-0.4, -0.2) is 12.4 Å². The molecule has 0 aliphatic rings. The fraction of sp³-hybridized carbons (Fsp3) is 0.368. The lowest BCUT2D eigenvalue weighted by Gasteiger charge is -2.38. The van der Waals surface area contributed by atoms with Crippen LogP contribution in [0.4, 0.5) is 26.3 Å². The van der Waals surface area contributed by atoms with Gasteiger partial charge in [-0.05, 0) is 122 Å². The minimum Gasteiger partial charge on any atom is -0.169 e. The third kappa shape index (κ3) is 6.60. The van der Waals surface area contributed by atoms with Crippen LogP contribution in [0.25, 0.3) is 0 Å². The predicted octanol–water partition coefficient (Wildman–Crippen LogP) is 11.6. The Balaban J connectivity index is 0.000000249. The molecule has 4 aromatic carbocycles. The molecule has 0 nitrogen and oxygen atoms in total. The lowest BCUT2D eigenvalue weighted by Crippen LogP contribution is -2.54. The summed E-state index contributed by atoms with van der Waals surface area (Å²) in [7, 11) is 0. The largest absolute Gasteiger partial charge is 0.411 e. The van der Waals surface area contributed by atoms with E-state index in [0.29, 0.717) is 22.3 Å². The highest BCUT2D eigenvalue weighted by molar-refractivity contribution is 5.49. The van der Waals surface area contributed by atoms with Gasteiger partial charge in [0.15, 0.2) is 0 Å². The maximum atomic E-state index is 14.0. The number of hydrogen-bond donors (Lipinski definition) is 0. The summed E-state index contributed by atoms with van der Waals surface area (Å²) < 4.78 is 83.9. The Morgan fingerprint density at radius 3 is 0.795 bits per heavy atom. The normalized spacial score (nSPS) is 12.5. The maximum Gasteiger partial charge on any atom is 0.411 e. The molecule has 0 bridgehead atoms. The van der Waals surface area contributed by atoms with Crippen molar-refractivity contribution in [1.29, 1.82) is 0 Å². The Hall–Kier alpha value is -3.54. The highest BCUT2D eigenvalue weighted by Gasteiger charge is 2.72. The minimum absolute atomic E-state index is 0.0525. The zero-order chi connectivity index (χ0) is 33.4. The Kier molecular flexibility index (Phi) is 9.89. The predicted molar refractivity (Wildman–Crippen MR) is 169 cm³/mol. The van der Waals surface area contributed by atoms with Crippen molar-refractivity contribution in [1.82, 2.24) is 0 Å². The summed E-state index contributed by atoms with van der Waals surface area (Å²) in [4.78, 5) is 0. The van der Waals surface area contributed by atoms with Gasteiger partial charge in [0.25, 0.3) is 0 Å². The summed E-state index contributed by atoms with van der Waals surface area (Å²) in [5.74, 6) is 0. The van der Waals surface area contributed by atoms with Crippen molar-refractivity contribution in [2.45, 2.75) is 92.4 Å². The molecule has 0 saturated carbocycles. The molecule has 0 aromatic heterocycles. The Labute approximate surface area is 258 Å². The van der Waals surface area contributed by atoms with Gasteiger partial charge in [-0.25, -0.2) is 0 Å². The van der Waals surface area contributed by atoms with Crippen molar-refractivity contribution in [3.8, 4) is 0 Å². The molecule has 4 rings (SSSR count). The summed E-state index contributed by atoms with van der Waals surface area (Å²) in [5.41, 5.74) is 4.58. The van der Waals surface area contributed by atoms with Gasteiger partial charge in [-0.2, -0.15) is 26.3 Å². The number of rotatable bonds is 4. The molecule has 4 aromatic rings. The van der Waals surface area contributed by atoms with Gasteiger partial charge in [-0.15, -0.1) is 0 Å². The molecule has 0 N–H and O–H groups in total. The van der Waals surface area contributed by atoms with Crippen molar-refractivity contribution >= 4 is 0 Å². The average Bonchev–Trinajstić information content (AvgIpc) is 2.90. The SMILES string of the molecule is Cc1ccc(C(C)(C)c2ccc(C)c(C)c2)cc1C.Cc1ccc(C(c2ccc(C)c(C)c2)(C(F)(F)F)C(F)(F)F)cc1C. The molecular weight excluding hydrogens is 570 g/mol. The average molecular weight is 613 g/mol. The molecule has 44 heavy (non-hydrogen) atoms. The third-order valence-electron chi connectivity index (χ3n) is 9.19. The van der Waals surface area contributed by atoms with Crippen LogP contribution in [0, 0.1) is 55.4 Å². The van der Waals surface area contributed by atoms with Crippen LogP contribution in [0.5, 0.6) is 0 Å². The first-order valence-corrected chi connectivity index (χ1v) is 14.6. The molecule has 0 amide bonds. The van der Waals surface area contributed by atoms with Gasteiger partial charge in [0.05, 0.1) is 0 Å². The summed E-state index contributed by atoms with van der Waals surface area (Å²) in [6.45, 7) is 19.6. The van der Waals surface area contributed by atoms with Crippen LogP contribution in [0.15, 0.2) is 72.8 Å². The fourth-order valence-corrected chi connectivity index (χ4v) is 5.36. The number of benzene rings is 4. The number of hydrogen-bond acceptors (Lipinski definition) is 0. The quantitative estimate of drug-likeness (QED) is 0.201. The van der Waals surface area contributed by atoms with Crippen molar-refractivity contribution in [2.24, 2.45) is 0 Å². The van der Waals surface area contributed by atoms with E-state index < -0.39 is 28.9 Å². The van der Waals surface area contributed by atoms with Gasteiger partial charge >= 0.3 is 12.4 Å². The number of aryl methyl sites for hydroxylation is 8. The zero-order valence-electron chi connectivity index (χ0n) is 27.2. The first-order chi connectivity index (χ1) is 20.1. The van der Waals surface area contributed by atoms with Gasteiger partial charge in [0, 0.05) is 5.41 Å². The lowest BCUT2D eigenvalue weighted by atomic mass is 9.71. The molecule has 0 atom stereocenters. The van der Waals surface area contributed by atoms with Gasteiger partial charge in [0.2, 0.25) is 5.41 Å². The second-order valence-electron chi connectivity index (χ2n) is 12.6. The van der Waals surface area contributed by atoms with E-state index >= 15 is 0 Å². The van der Waals surface area contributed by atoms with Gasteiger partial charge in [0.1, 0.15) is 0 Å². The van der Waals surface area contributed by atoms with Crippen molar-refractivity contribution < 1.29 is 26.3 Å².